The first kappa shape index (κ1) is 13.2. The average Bonchev–Trinajstić information content (AvgIpc) is 3.24. The van der Waals surface area contributed by atoms with Crippen molar-refractivity contribution >= 4 is 22.2 Å². The third kappa shape index (κ3) is 2.31. The maximum absolute atomic E-state index is 12.4. The lowest BCUT2D eigenvalue weighted by Gasteiger charge is -2.01. The van der Waals surface area contributed by atoms with Crippen LogP contribution in [0, 0.1) is 0 Å². The van der Waals surface area contributed by atoms with Crippen molar-refractivity contribution in [3.63, 3.8) is 0 Å². The smallest absolute Gasteiger partial charge is 0.259 e. The summed E-state index contributed by atoms with van der Waals surface area (Å²) in [5.74, 6) is -0.105. The van der Waals surface area contributed by atoms with E-state index < -0.39 is 0 Å². The first-order chi connectivity index (χ1) is 10.8. The lowest BCUT2D eigenvalue weighted by molar-refractivity contribution is 0.102. The average molecular weight is 310 g/mol. The largest absolute Gasteiger partial charge is 0.312 e. The summed E-state index contributed by atoms with van der Waals surface area (Å²) in [5.41, 5.74) is 2.76. The summed E-state index contributed by atoms with van der Waals surface area (Å²) in [4.78, 5) is 16.8. The molecule has 0 bridgehead atoms. The highest BCUT2D eigenvalue weighted by atomic mass is 32.1. The lowest BCUT2D eigenvalue weighted by Crippen LogP contribution is -2.12. The number of nitrogens with one attached hydrogen (secondary N) is 1. The van der Waals surface area contributed by atoms with Gasteiger partial charge in [-0.1, -0.05) is 41.7 Å². The van der Waals surface area contributed by atoms with Crippen molar-refractivity contribution in [1.82, 2.24) is 14.8 Å². The van der Waals surface area contributed by atoms with Crippen molar-refractivity contribution in [3.8, 4) is 10.6 Å². The summed E-state index contributed by atoms with van der Waals surface area (Å²) in [7, 11) is 0. The van der Waals surface area contributed by atoms with Crippen LogP contribution in [0.15, 0.2) is 42.7 Å². The lowest BCUT2D eigenvalue weighted by atomic mass is 10.2. The number of amides is 1. The SMILES string of the molecule is O=C(Nc1cnc(-c2ccccc2)s1)c1cnn2c1CCC2. The van der Waals surface area contributed by atoms with Gasteiger partial charge in [0.25, 0.3) is 5.91 Å². The molecule has 3 heterocycles. The van der Waals surface area contributed by atoms with Gasteiger partial charge in [0, 0.05) is 12.1 Å². The van der Waals surface area contributed by atoms with Crippen molar-refractivity contribution in [2.24, 2.45) is 0 Å². The van der Waals surface area contributed by atoms with E-state index in [9.17, 15) is 4.79 Å². The van der Waals surface area contributed by atoms with Gasteiger partial charge in [-0.3, -0.25) is 9.48 Å². The third-order valence-corrected chi connectivity index (χ3v) is 4.70. The number of nitrogens with zero attached hydrogens (tertiary/aromatic N) is 3. The zero-order valence-electron chi connectivity index (χ0n) is 11.8. The van der Waals surface area contributed by atoms with Crippen molar-refractivity contribution in [3.05, 3.63) is 54.0 Å². The van der Waals surface area contributed by atoms with Crippen molar-refractivity contribution in [2.75, 3.05) is 5.32 Å². The minimum Gasteiger partial charge on any atom is -0.312 e. The summed E-state index contributed by atoms with van der Waals surface area (Å²) in [6.45, 7) is 0.904. The molecule has 0 radical (unpaired) electrons. The van der Waals surface area contributed by atoms with Gasteiger partial charge in [0.2, 0.25) is 0 Å². The van der Waals surface area contributed by atoms with Gasteiger partial charge in [-0.05, 0) is 12.8 Å². The predicted molar refractivity (Wildman–Crippen MR) is 86.1 cm³/mol. The number of thiazole rings is 1. The van der Waals surface area contributed by atoms with Gasteiger partial charge < -0.3 is 5.32 Å². The second kappa shape index (κ2) is 5.38. The van der Waals surface area contributed by atoms with E-state index in [-0.39, 0.29) is 5.91 Å². The highest BCUT2D eigenvalue weighted by molar-refractivity contribution is 7.19. The maximum atomic E-state index is 12.4. The Bertz CT molecular complexity index is 822. The second-order valence-electron chi connectivity index (χ2n) is 5.18. The summed E-state index contributed by atoms with van der Waals surface area (Å²) in [5, 5.41) is 8.83. The van der Waals surface area contributed by atoms with Crippen molar-refractivity contribution in [1.29, 1.82) is 0 Å². The number of fused-ring (bicyclic) bond motifs is 1. The molecule has 0 spiro atoms. The van der Waals surface area contributed by atoms with Crippen molar-refractivity contribution < 1.29 is 4.79 Å². The first-order valence-corrected chi connectivity index (χ1v) is 8.00. The van der Waals surface area contributed by atoms with Gasteiger partial charge in [0.15, 0.2) is 0 Å². The van der Waals surface area contributed by atoms with E-state index in [0.29, 0.717) is 5.56 Å². The number of carbonyl (C=O) groups is 1. The van der Waals surface area contributed by atoms with Crippen LogP contribution in [-0.2, 0) is 13.0 Å². The van der Waals surface area contributed by atoms with E-state index in [0.717, 1.165) is 40.7 Å². The molecule has 0 atom stereocenters. The highest BCUT2D eigenvalue weighted by Gasteiger charge is 2.21. The van der Waals surface area contributed by atoms with Crippen LogP contribution in [0.3, 0.4) is 0 Å². The molecule has 0 aliphatic carbocycles. The maximum Gasteiger partial charge on any atom is 0.259 e. The molecule has 110 valence electrons. The molecule has 22 heavy (non-hydrogen) atoms. The van der Waals surface area contributed by atoms with Gasteiger partial charge in [0.1, 0.15) is 10.0 Å². The molecule has 3 aromatic rings. The fourth-order valence-corrected chi connectivity index (χ4v) is 3.50. The van der Waals surface area contributed by atoms with E-state index in [4.69, 9.17) is 0 Å². The number of hydrogen-bond acceptors (Lipinski definition) is 4. The molecule has 1 N–H and O–H groups in total. The molecule has 2 aromatic heterocycles. The van der Waals surface area contributed by atoms with Crippen LogP contribution in [0.2, 0.25) is 0 Å². The minimum atomic E-state index is -0.105. The molecule has 0 fully saturated rings. The molecule has 0 saturated carbocycles. The van der Waals surface area contributed by atoms with Crippen LogP contribution in [0.1, 0.15) is 22.5 Å². The molecule has 0 saturated heterocycles. The number of anilines is 1. The summed E-state index contributed by atoms with van der Waals surface area (Å²) in [6, 6.07) is 9.95. The zero-order valence-corrected chi connectivity index (χ0v) is 12.6. The van der Waals surface area contributed by atoms with E-state index in [2.05, 4.69) is 15.4 Å². The molecule has 1 amide bonds. The number of benzene rings is 1. The van der Waals surface area contributed by atoms with Crippen LogP contribution in [0.4, 0.5) is 5.00 Å². The quantitative estimate of drug-likeness (QED) is 0.808. The number of rotatable bonds is 3. The molecule has 5 nitrogen and oxygen atoms in total. The Labute approximate surface area is 131 Å². The van der Waals surface area contributed by atoms with E-state index >= 15 is 0 Å². The highest BCUT2D eigenvalue weighted by Crippen LogP contribution is 2.29. The van der Waals surface area contributed by atoms with Gasteiger partial charge in [0.05, 0.1) is 23.7 Å². The van der Waals surface area contributed by atoms with E-state index in [1.165, 1.54) is 11.3 Å². The molecular formula is C16H14N4OS. The van der Waals surface area contributed by atoms with E-state index in [1.54, 1.807) is 12.4 Å². The molecule has 6 heteroatoms. The zero-order chi connectivity index (χ0) is 14.9. The van der Waals surface area contributed by atoms with Gasteiger partial charge >= 0.3 is 0 Å². The topological polar surface area (TPSA) is 59.8 Å². The third-order valence-electron chi connectivity index (χ3n) is 3.74. The minimum absolute atomic E-state index is 0.105. The number of aryl methyl sites for hydroxylation is 1. The Morgan fingerprint density at radius 1 is 1.23 bits per heavy atom. The van der Waals surface area contributed by atoms with Crippen LogP contribution in [0.5, 0.6) is 0 Å². The van der Waals surface area contributed by atoms with Gasteiger partial charge in [-0.15, -0.1) is 0 Å². The molecule has 1 aliphatic rings. The fraction of sp³-hybridized carbons (Fsp3) is 0.188. The molecule has 0 unspecified atom stereocenters. The second-order valence-corrected chi connectivity index (χ2v) is 6.21. The van der Waals surface area contributed by atoms with Crippen molar-refractivity contribution in [2.45, 2.75) is 19.4 Å². The summed E-state index contributed by atoms with van der Waals surface area (Å²) >= 11 is 1.47. The number of carbonyl (C=O) groups excluding carboxylic acids is 1. The Morgan fingerprint density at radius 3 is 2.95 bits per heavy atom. The molecule has 1 aromatic carbocycles. The first-order valence-electron chi connectivity index (χ1n) is 7.18. The fourth-order valence-electron chi connectivity index (χ4n) is 2.68. The summed E-state index contributed by atoms with van der Waals surface area (Å²) < 4.78 is 1.91. The molecule has 4 rings (SSSR count). The Morgan fingerprint density at radius 2 is 2.09 bits per heavy atom. The van der Waals surface area contributed by atoms with Gasteiger partial charge in [-0.25, -0.2) is 4.98 Å². The normalized spacial score (nSPS) is 13.1. The van der Waals surface area contributed by atoms with Crippen LogP contribution in [0.25, 0.3) is 10.6 Å². The Balaban J connectivity index is 1.54. The van der Waals surface area contributed by atoms with Gasteiger partial charge in [-0.2, -0.15) is 5.10 Å². The predicted octanol–water partition coefficient (Wildman–Crippen LogP) is 3.21. The standard InChI is InChI=1S/C16H14N4OS/c21-15(12-9-18-20-8-4-7-13(12)20)19-14-10-17-16(22-14)11-5-2-1-3-6-11/h1-3,5-6,9-10H,4,7-8H2,(H,19,21). The molecule has 1 aliphatic heterocycles. The van der Waals surface area contributed by atoms with Crippen LogP contribution in [-0.4, -0.2) is 20.7 Å². The number of aromatic nitrogens is 3. The van der Waals surface area contributed by atoms with E-state index in [1.807, 2.05) is 35.0 Å². The Kier molecular flexibility index (Phi) is 3.23. The van der Waals surface area contributed by atoms with Crippen LogP contribution < -0.4 is 5.32 Å². The Hall–Kier alpha value is -2.47. The monoisotopic (exact) mass is 310 g/mol. The molecular weight excluding hydrogens is 296 g/mol. The summed E-state index contributed by atoms with van der Waals surface area (Å²) in [6.07, 6.45) is 5.33. The number of hydrogen-bond donors (Lipinski definition) is 1. The van der Waals surface area contributed by atoms with Crippen LogP contribution >= 0.6 is 11.3 Å².